The maximum absolute atomic E-state index is 12.8. The molecule has 1 aliphatic rings. The third kappa shape index (κ3) is 6.17. The Morgan fingerprint density at radius 1 is 1.08 bits per heavy atom. The lowest BCUT2D eigenvalue weighted by Gasteiger charge is -2.10. The highest BCUT2D eigenvalue weighted by molar-refractivity contribution is 6.02. The van der Waals surface area contributed by atoms with Crippen molar-refractivity contribution in [3.63, 3.8) is 0 Å². The highest BCUT2D eigenvalue weighted by Gasteiger charge is 2.19. The van der Waals surface area contributed by atoms with Crippen LogP contribution in [0.25, 0.3) is 23.0 Å². The first kappa shape index (κ1) is 25.0. The number of para-hydroxylation sites is 1. The summed E-state index contributed by atoms with van der Waals surface area (Å²) in [6.07, 6.45) is 5.31. The largest absolute Gasteiger partial charge is 0.489 e. The Balaban J connectivity index is 1.40. The van der Waals surface area contributed by atoms with Crippen molar-refractivity contribution >= 4 is 12.0 Å². The molecule has 0 unspecified atom stereocenters. The SMILES string of the molecule is N#C/C(=C\c1cn(-c2ccccc2)nc1-c1ccc(OCc2ccccc2)cc1)C(=O)NC[C@@H]1CCCO1. The fourth-order valence-electron chi connectivity index (χ4n) is 4.29. The molecule has 0 spiro atoms. The standard InChI is InChI=1S/C31H28N4O3/c32-19-25(31(36)33-20-29-12-7-17-37-29)18-26-21-35(27-10-5-2-6-11-27)34-30(26)24-13-15-28(16-14-24)38-22-23-8-3-1-4-9-23/h1-6,8-11,13-16,18,21,29H,7,12,17,20,22H2,(H,33,36)/b25-18+/t29-/m0/s1. The molecule has 1 aromatic heterocycles. The minimum atomic E-state index is -0.425. The van der Waals surface area contributed by atoms with Crippen LogP contribution in [-0.4, -0.2) is 34.9 Å². The molecule has 3 aromatic carbocycles. The number of nitrogens with one attached hydrogen (secondary N) is 1. The number of carbonyl (C=O) groups is 1. The summed E-state index contributed by atoms with van der Waals surface area (Å²) in [6.45, 7) is 1.57. The van der Waals surface area contributed by atoms with Gasteiger partial charge in [0.2, 0.25) is 0 Å². The zero-order chi connectivity index (χ0) is 26.2. The number of carbonyl (C=O) groups excluding carboxylic acids is 1. The van der Waals surface area contributed by atoms with Crippen molar-refractivity contribution in [2.75, 3.05) is 13.2 Å². The summed E-state index contributed by atoms with van der Waals surface area (Å²) in [7, 11) is 0. The molecule has 1 N–H and O–H groups in total. The number of benzene rings is 3. The van der Waals surface area contributed by atoms with Gasteiger partial charge in [0.1, 0.15) is 24.0 Å². The summed E-state index contributed by atoms with van der Waals surface area (Å²) in [4.78, 5) is 12.8. The van der Waals surface area contributed by atoms with Gasteiger partial charge in [-0.25, -0.2) is 4.68 Å². The van der Waals surface area contributed by atoms with Gasteiger partial charge < -0.3 is 14.8 Å². The fraction of sp³-hybridized carbons (Fsp3) is 0.194. The molecular weight excluding hydrogens is 476 g/mol. The van der Waals surface area contributed by atoms with Crippen LogP contribution in [0.5, 0.6) is 5.75 Å². The minimum absolute atomic E-state index is 0.00194. The third-order valence-corrected chi connectivity index (χ3v) is 6.32. The Hall–Kier alpha value is -4.67. The highest BCUT2D eigenvalue weighted by atomic mass is 16.5. The Bertz CT molecular complexity index is 1430. The topological polar surface area (TPSA) is 89.2 Å². The summed E-state index contributed by atoms with van der Waals surface area (Å²) in [5.74, 6) is 0.314. The van der Waals surface area contributed by atoms with Crippen LogP contribution in [0, 0.1) is 11.3 Å². The zero-order valence-corrected chi connectivity index (χ0v) is 20.9. The zero-order valence-electron chi connectivity index (χ0n) is 20.9. The van der Waals surface area contributed by atoms with E-state index in [1.807, 2.05) is 97.2 Å². The van der Waals surface area contributed by atoms with E-state index < -0.39 is 5.91 Å². The molecule has 2 heterocycles. The van der Waals surface area contributed by atoms with Crippen LogP contribution in [0.4, 0.5) is 0 Å². The van der Waals surface area contributed by atoms with Crippen LogP contribution in [0.1, 0.15) is 24.0 Å². The molecule has 1 fully saturated rings. The summed E-state index contributed by atoms with van der Waals surface area (Å²) in [6, 6.07) is 29.4. The summed E-state index contributed by atoms with van der Waals surface area (Å²) in [5.41, 5.74) is 4.14. The lowest BCUT2D eigenvalue weighted by atomic mass is 10.1. The number of hydrogen-bond donors (Lipinski definition) is 1. The number of ether oxygens (including phenoxy) is 2. The van der Waals surface area contributed by atoms with Crippen LogP contribution in [0.15, 0.2) is 96.7 Å². The quantitative estimate of drug-likeness (QED) is 0.246. The summed E-state index contributed by atoms with van der Waals surface area (Å²) >= 11 is 0. The maximum Gasteiger partial charge on any atom is 0.262 e. The maximum atomic E-state index is 12.8. The van der Waals surface area contributed by atoms with Crippen molar-refractivity contribution in [2.24, 2.45) is 0 Å². The fourth-order valence-corrected chi connectivity index (χ4v) is 4.29. The van der Waals surface area contributed by atoms with Crippen molar-refractivity contribution < 1.29 is 14.3 Å². The van der Waals surface area contributed by atoms with Crippen LogP contribution < -0.4 is 10.1 Å². The van der Waals surface area contributed by atoms with E-state index in [1.165, 1.54) is 0 Å². The Labute approximate surface area is 221 Å². The van der Waals surface area contributed by atoms with Crippen LogP contribution in [0.2, 0.25) is 0 Å². The van der Waals surface area contributed by atoms with Gasteiger partial charge in [-0.05, 0) is 60.9 Å². The van der Waals surface area contributed by atoms with Gasteiger partial charge in [-0.15, -0.1) is 0 Å². The summed E-state index contributed by atoms with van der Waals surface area (Å²) < 4.78 is 13.3. The van der Waals surface area contributed by atoms with E-state index in [-0.39, 0.29) is 11.7 Å². The molecule has 0 bridgehead atoms. The van der Waals surface area contributed by atoms with Crippen LogP contribution >= 0.6 is 0 Å². The van der Waals surface area contributed by atoms with Gasteiger partial charge in [0.15, 0.2) is 0 Å². The van der Waals surface area contributed by atoms with Crippen molar-refractivity contribution in [1.82, 2.24) is 15.1 Å². The van der Waals surface area contributed by atoms with Crippen molar-refractivity contribution in [2.45, 2.75) is 25.6 Å². The molecule has 38 heavy (non-hydrogen) atoms. The normalized spacial score (nSPS) is 15.1. The first-order valence-electron chi connectivity index (χ1n) is 12.6. The van der Waals surface area contributed by atoms with Crippen LogP contribution in [0.3, 0.4) is 0 Å². The molecular formula is C31H28N4O3. The van der Waals surface area contributed by atoms with Gasteiger partial charge in [-0.1, -0.05) is 48.5 Å². The minimum Gasteiger partial charge on any atom is -0.489 e. The highest BCUT2D eigenvalue weighted by Crippen LogP contribution is 2.28. The molecule has 190 valence electrons. The molecule has 7 nitrogen and oxygen atoms in total. The lowest BCUT2D eigenvalue weighted by Crippen LogP contribution is -2.32. The molecule has 0 aliphatic carbocycles. The molecule has 1 atom stereocenters. The number of amides is 1. The van der Waals surface area contributed by atoms with Crippen molar-refractivity contribution in [1.29, 1.82) is 5.26 Å². The van der Waals surface area contributed by atoms with E-state index in [9.17, 15) is 10.1 Å². The van der Waals surface area contributed by atoms with Gasteiger partial charge in [0.05, 0.1) is 17.5 Å². The number of aromatic nitrogens is 2. The van der Waals surface area contributed by atoms with Gasteiger partial charge in [0.25, 0.3) is 5.91 Å². The molecule has 4 aromatic rings. The van der Waals surface area contributed by atoms with E-state index in [4.69, 9.17) is 14.6 Å². The lowest BCUT2D eigenvalue weighted by molar-refractivity contribution is -0.117. The van der Waals surface area contributed by atoms with E-state index in [2.05, 4.69) is 5.32 Å². The number of rotatable bonds is 9. The predicted molar refractivity (Wildman–Crippen MR) is 145 cm³/mol. The average molecular weight is 505 g/mol. The molecule has 1 aliphatic heterocycles. The Kier molecular flexibility index (Phi) is 7.92. The molecule has 1 saturated heterocycles. The summed E-state index contributed by atoms with van der Waals surface area (Å²) in [5, 5.41) is 17.4. The molecule has 1 amide bonds. The van der Waals surface area contributed by atoms with E-state index >= 15 is 0 Å². The second-order valence-electron chi connectivity index (χ2n) is 9.03. The first-order chi connectivity index (χ1) is 18.7. The van der Waals surface area contributed by atoms with Crippen LogP contribution in [-0.2, 0) is 16.1 Å². The Morgan fingerprint density at radius 3 is 2.50 bits per heavy atom. The third-order valence-electron chi connectivity index (χ3n) is 6.32. The molecule has 7 heteroatoms. The predicted octanol–water partition coefficient (Wildman–Crippen LogP) is 5.32. The van der Waals surface area contributed by atoms with E-state index in [0.717, 1.165) is 35.4 Å². The second-order valence-corrected chi connectivity index (χ2v) is 9.03. The van der Waals surface area contributed by atoms with Gasteiger partial charge in [-0.2, -0.15) is 10.4 Å². The average Bonchev–Trinajstić information content (AvgIpc) is 3.65. The number of nitrogens with zero attached hydrogens (tertiary/aromatic N) is 3. The van der Waals surface area contributed by atoms with Crippen molar-refractivity contribution in [3.8, 4) is 28.8 Å². The van der Waals surface area contributed by atoms with Crippen molar-refractivity contribution in [3.05, 3.63) is 108 Å². The number of nitriles is 1. The first-order valence-corrected chi connectivity index (χ1v) is 12.6. The second kappa shape index (κ2) is 12.0. The van der Waals surface area contributed by atoms with E-state index in [0.29, 0.717) is 31.0 Å². The van der Waals surface area contributed by atoms with E-state index in [1.54, 1.807) is 10.8 Å². The molecule has 0 radical (unpaired) electrons. The molecule has 0 saturated carbocycles. The van der Waals surface area contributed by atoms with Gasteiger partial charge in [-0.3, -0.25) is 4.79 Å². The van der Waals surface area contributed by atoms with Gasteiger partial charge >= 0.3 is 0 Å². The molecule has 5 rings (SSSR count). The smallest absolute Gasteiger partial charge is 0.262 e. The Morgan fingerprint density at radius 2 is 1.82 bits per heavy atom. The number of hydrogen-bond acceptors (Lipinski definition) is 5. The monoisotopic (exact) mass is 504 g/mol. The van der Waals surface area contributed by atoms with Gasteiger partial charge in [0, 0.05) is 30.5 Å².